The van der Waals surface area contributed by atoms with Crippen molar-refractivity contribution >= 4 is 49.0 Å². The minimum Gasteiger partial charge on any atom is -0.392 e. The van der Waals surface area contributed by atoms with Crippen LogP contribution in [0.25, 0.3) is 0 Å². The molecule has 1 aromatic heterocycles. The molecule has 1 atom stereocenters. The molecule has 1 aromatic rings. The highest BCUT2D eigenvalue weighted by Gasteiger charge is 2.23. The molecule has 2 rings (SSSR count). The molecule has 0 aliphatic carbocycles. The van der Waals surface area contributed by atoms with Gasteiger partial charge in [-0.1, -0.05) is 0 Å². The molecule has 0 saturated carbocycles. The van der Waals surface area contributed by atoms with Gasteiger partial charge in [0.15, 0.2) is 5.78 Å². The molecule has 0 aromatic carbocycles. The molecule has 0 radical (unpaired) electrons. The average molecular weight is 369 g/mol. The number of β-amino-alcohol motifs (C(OH)–C–C–N with tert-alkyl or cyclic N) is 1. The Morgan fingerprint density at radius 3 is 2.88 bits per heavy atom. The van der Waals surface area contributed by atoms with Crippen molar-refractivity contribution in [1.82, 2.24) is 4.90 Å². The number of halogens is 2. The molecular weight excluding hydrogens is 358 g/mol. The zero-order valence-corrected chi connectivity index (χ0v) is 12.4. The van der Waals surface area contributed by atoms with Gasteiger partial charge in [0.25, 0.3) is 0 Å². The van der Waals surface area contributed by atoms with E-state index >= 15 is 0 Å². The first kappa shape index (κ1) is 12.7. The number of hydrogen-bond donors (Lipinski definition) is 1. The number of carbonyl (C=O) groups is 1. The zero-order valence-electron chi connectivity index (χ0n) is 8.45. The Labute approximate surface area is 115 Å². The number of carbonyl (C=O) groups excluding carboxylic acids is 1. The number of rotatable bonds is 3. The van der Waals surface area contributed by atoms with Gasteiger partial charge in [0, 0.05) is 18.7 Å². The lowest BCUT2D eigenvalue weighted by Crippen LogP contribution is -2.28. The molecule has 3 nitrogen and oxygen atoms in total. The molecule has 1 unspecified atom stereocenters. The Morgan fingerprint density at radius 2 is 2.38 bits per heavy atom. The van der Waals surface area contributed by atoms with Crippen LogP contribution in [0.5, 0.6) is 0 Å². The summed E-state index contributed by atoms with van der Waals surface area (Å²) in [7, 11) is 0. The van der Waals surface area contributed by atoms with Gasteiger partial charge in [-0.25, -0.2) is 0 Å². The summed E-state index contributed by atoms with van der Waals surface area (Å²) in [5.74, 6) is 0.0999. The van der Waals surface area contributed by atoms with Gasteiger partial charge in [-0.15, -0.1) is 11.3 Å². The third-order valence-electron chi connectivity index (χ3n) is 2.57. The summed E-state index contributed by atoms with van der Waals surface area (Å²) in [6.45, 7) is 1.79. The third-order valence-corrected chi connectivity index (χ3v) is 4.91. The average Bonchev–Trinajstić information content (AvgIpc) is 2.73. The monoisotopic (exact) mass is 367 g/mol. The van der Waals surface area contributed by atoms with Crippen LogP contribution in [0.1, 0.15) is 16.8 Å². The van der Waals surface area contributed by atoms with E-state index in [0.717, 1.165) is 26.1 Å². The van der Waals surface area contributed by atoms with Crippen LogP contribution >= 0.6 is 43.2 Å². The molecule has 2 heterocycles. The van der Waals surface area contributed by atoms with E-state index in [9.17, 15) is 9.90 Å². The Hall–Kier alpha value is 0.250. The zero-order chi connectivity index (χ0) is 11.7. The lowest BCUT2D eigenvalue weighted by molar-refractivity contribution is 0.0934. The van der Waals surface area contributed by atoms with E-state index in [4.69, 9.17) is 0 Å². The molecule has 6 heteroatoms. The molecule has 0 spiro atoms. The van der Waals surface area contributed by atoms with E-state index in [-0.39, 0.29) is 11.9 Å². The highest BCUT2D eigenvalue weighted by molar-refractivity contribution is 9.12. The van der Waals surface area contributed by atoms with Gasteiger partial charge in [0.1, 0.15) is 0 Å². The Kier molecular flexibility index (Phi) is 4.18. The van der Waals surface area contributed by atoms with Crippen LogP contribution in [0.15, 0.2) is 13.6 Å². The first-order valence-electron chi connectivity index (χ1n) is 4.94. The highest BCUT2D eigenvalue weighted by Crippen LogP contribution is 2.32. The lowest BCUT2D eigenvalue weighted by Gasteiger charge is -2.13. The smallest absolute Gasteiger partial charge is 0.178 e. The summed E-state index contributed by atoms with van der Waals surface area (Å²) in [4.78, 5) is 14.0. The SMILES string of the molecule is O=C(CN1CCC(O)C1)c1cc(Br)sc1Br. The number of nitrogens with zero attached hydrogens (tertiary/aromatic N) is 1. The fourth-order valence-corrected chi connectivity index (χ4v) is 4.63. The second kappa shape index (κ2) is 5.27. The van der Waals surface area contributed by atoms with Crippen molar-refractivity contribution in [3.05, 3.63) is 19.2 Å². The number of ketones is 1. The summed E-state index contributed by atoms with van der Waals surface area (Å²) < 4.78 is 1.81. The lowest BCUT2D eigenvalue weighted by atomic mass is 10.2. The van der Waals surface area contributed by atoms with E-state index in [1.165, 1.54) is 11.3 Å². The highest BCUT2D eigenvalue weighted by atomic mass is 79.9. The molecule has 88 valence electrons. The molecule has 0 bridgehead atoms. The summed E-state index contributed by atoms with van der Waals surface area (Å²) in [5, 5.41) is 9.37. The molecule has 1 saturated heterocycles. The standard InChI is InChI=1S/C10H11Br2NO2S/c11-9-3-7(10(12)16-9)8(15)5-13-2-1-6(14)4-13/h3,6,14H,1-2,4-5H2. The van der Waals surface area contributed by atoms with Crippen molar-refractivity contribution in [2.45, 2.75) is 12.5 Å². The van der Waals surface area contributed by atoms with Crippen molar-refractivity contribution in [3.63, 3.8) is 0 Å². The predicted molar refractivity (Wildman–Crippen MR) is 71.1 cm³/mol. The van der Waals surface area contributed by atoms with E-state index < -0.39 is 0 Å². The summed E-state index contributed by atoms with van der Waals surface area (Å²) in [5.41, 5.74) is 0.721. The summed E-state index contributed by atoms with van der Waals surface area (Å²) in [6, 6.07) is 1.84. The Bertz CT molecular complexity index is 408. The minimum atomic E-state index is -0.273. The van der Waals surface area contributed by atoms with Gasteiger partial charge in [0.2, 0.25) is 0 Å². The largest absolute Gasteiger partial charge is 0.392 e. The molecule has 1 aliphatic rings. The molecule has 16 heavy (non-hydrogen) atoms. The number of aliphatic hydroxyl groups excluding tert-OH is 1. The number of thiophene rings is 1. The molecule has 0 amide bonds. The fraction of sp³-hybridized carbons (Fsp3) is 0.500. The third kappa shape index (κ3) is 2.92. The van der Waals surface area contributed by atoms with Crippen molar-refractivity contribution in [2.24, 2.45) is 0 Å². The number of aliphatic hydroxyl groups is 1. The minimum absolute atomic E-state index is 0.0999. The summed E-state index contributed by atoms with van der Waals surface area (Å²) in [6.07, 6.45) is 0.493. The van der Waals surface area contributed by atoms with Gasteiger partial charge in [-0.2, -0.15) is 0 Å². The second-order valence-electron chi connectivity index (χ2n) is 3.84. The van der Waals surface area contributed by atoms with Crippen LogP contribution in [0.3, 0.4) is 0 Å². The van der Waals surface area contributed by atoms with E-state index in [0.29, 0.717) is 13.1 Å². The van der Waals surface area contributed by atoms with E-state index in [2.05, 4.69) is 31.9 Å². The van der Waals surface area contributed by atoms with Crippen LogP contribution in [0.2, 0.25) is 0 Å². The van der Waals surface area contributed by atoms with Crippen LogP contribution in [0, 0.1) is 0 Å². The van der Waals surface area contributed by atoms with Crippen LogP contribution < -0.4 is 0 Å². The first-order chi connectivity index (χ1) is 7.56. The maximum absolute atomic E-state index is 12.0. The molecular formula is C10H11Br2NO2S. The van der Waals surface area contributed by atoms with Crippen molar-refractivity contribution in [1.29, 1.82) is 0 Å². The maximum atomic E-state index is 12.0. The Balaban J connectivity index is 2.00. The van der Waals surface area contributed by atoms with E-state index in [1.54, 1.807) is 0 Å². The second-order valence-corrected chi connectivity index (χ2v) is 7.59. The van der Waals surface area contributed by atoms with Crippen molar-refractivity contribution < 1.29 is 9.90 Å². The number of likely N-dealkylation sites (tertiary alicyclic amines) is 1. The Morgan fingerprint density at radius 1 is 1.62 bits per heavy atom. The van der Waals surface area contributed by atoms with E-state index in [1.807, 2.05) is 11.0 Å². The fourth-order valence-electron chi connectivity index (χ4n) is 1.77. The quantitative estimate of drug-likeness (QED) is 0.833. The van der Waals surface area contributed by atoms with Gasteiger partial charge >= 0.3 is 0 Å². The van der Waals surface area contributed by atoms with Crippen LogP contribution in [-0.4, -0.2) is 41.5 Å². The number of hydrogen-bond acceptors (Lipinski definition) is 4. The topological polar surface area (TPSA) is 40.5 Å². The van der Waals surface area contributed by atoms with Crippen molar-refractivity contribution in [2.75, 3.05) is 19.6 Å². The van der Waals surface area contributed by atoms with Gasteiger partial charge in [-0.3, -0.25) is 9.69 Å². The predicted octanol–water partition coefficient (Wildman–Crippen LogP) is 2.52. The first-order valence-corrected chi connectivity index (χ1v) is 7.35. The normalized spacial score (nSPS) is 21.6. The van der Waals surface area contributed by atoms with Gasteiger partial charge in [-0.05, 0) is 44.3 Å². The molecule has 1 fully saturated rings. The maximum Gasteiger partial charge on any atom is 0.178 e. The number of Topliss-reactive ketones (excluding diaryl/α,β-unsaturated/α-hetero) is 1. The molecule has 1 N–H and O–H groups in total. The van der Waals surface area contributed by atoms with Crippen LogP contribution in [-0.2, 0) is 0 Å². The molecule has 1 aliphatic heterocycles. The van der Waals surface area contributed by atoms with Gasteiger partial charge in [0.05, 0.1) is 20.2 Å². The van der Waals surface area contributed by atoms with Crippen LogP contribution in [0.4, 0.5) is 0 Å². The van der Waals surface area contributed by atoms with Gasteiger partial charge < -0.3 is 5.11 Å². The summed E-state index contributed by atoms with van der Waals surface area (Å²) >= 11 is 8.24. The van der Waals surface area contributed by atoms with Crippen molar-refractivity contribution in [3.8, 4) is 0 Å².